The van der Waals surface area contributed by atoms with Gasteiger partial charge in [0.2, 0.25) is 0 Å². The molecule has 0 radical (unpaired) electrons. The van der Waals surface area contributed by atoms with Gasteiger partial charge in [0.15, 0.2) is 0 Å². The number of aryl methyl sites for hydroxylation is 1. The minimum absolute atomic E-state index is 0.272. The molecule has 0 amide bonds. The van der Waals surface area contributed by atoms with Crippen molar-refractivity contribution in [3.63, 3.8) is 0 Å². The van der Waals surface area contributed by atoms with E-state index in [2.05, 4.69) is 36.1 Å². The number of nitrogens with zero attached hydrogens (tertiary/aromatic N) is 1. The zero-order chi connectivity index (χ0) is 10.4. The van der Waals surface area contributed by atoms with Crippen LogP contribution in [0.1, 0.15) is 39.3 Å². The zero-order valence-electron chi connectivity index (χ0n) is 9.43. The first kappa shape index (κ1) is 11.2. The van der Waals surface area contributed by atoms with Crippen molar-refractivity contribution in [2.75, 3.05) is 6.54 Å². The lowest BCUT2D eigenvalue weighted by molar-refractivity contribution is 0.374. The van der Waals surface area contributed by atoms with Gasteiger partial charge in [-0.25, -0.2) is 4.98 Å². The highest BCUT2D eigenvalue weighted by Crippen LogP contribution is 2.06. The van der Waals surface area contributed by atoms with Gasteiger partial charge in [0.25, 0.3) is 0 Å². The molecular weight excluding hydrogens is 174 g/mol. The van der Waals surface area contributed by atoms with Crippen molar-refractivity contribution in [2.24, 2.45) is 0 Å². The van der Waals surface area contributed by atoms with E-state index in [1.165, 1.54) is 5.69 Å². The topological polar surface area (TPSA) is 40.7 Å². The van der Waals surface area contributed by atoms with Crippen molar-refractivity contribution in [1.29, 1.82) is 0 Å². The monoisotopic (exact) mass is 195 g/mol. The molecule has 0 atom stereocenters. The summed E-state index contributed by atoms with van der Waals surface area (Å²) in [5.74, 6) is 0. The molecule has 80 valence electrons. The Bertz CT molecular complexity index is 239. The van der Waals surface area contributed by atoms with E-state index in [0.29, 0.717) is 0 Å². The van der Waals surface area contributed by atoms with Gasteiger partial charge in [0, 0.05) is 17.4 Å². The number of hydrogen-bond donors (Lipinski definition) is 2. The van der Waals surface area contributed by atoms with E-state index in [1.54, 1.807) is 6.33 Å². The van der Waals surface area contributed by atoms with Crippen LogP contribution in [0.2, 0.25) is 0 Å². The van der Waals surface area contributed by atoms with Crippen LogP contribution in [0.25, 0.3) is 0 Å². The quantitative estimate of drug-likeness (QED) is 0.683. The van der Waals surface area contributed by atoms with E-state index < -0.39 is 0 Å². The number of imidazole rings is 1. The Labute approximate surface area is 86.3 Å². The van der Waals surface area contributed by atoms with Crippen molar-refractivity contribution in [2.45, 2.75) is 45.6 Å². The predicted molar refractivity (Wildman–Crippen MR) is 59.3 cm³/mol. The largest absolute Gasteiger partial charge is 0.348 e. The summed E-state index contributed by atoms with van der Waals surface area (Å²) in [6.45, 7) is 7.76. The molecule has 2 N–H and O–H groups in total. The number of nitrogens with one attached hydrogen (secondary N) is 2. The van der Waals surface area contributed by atoms with Gasteiger partial charge in [0.1, 0.15) is 0 Å². The second kappa shape index (κ2) is 5.15. The third kappa shape index (κ3) is 3.92. The second-order valence-corrected chi connectivity index (χ2v) is 4.34. The molecule has 0 aromatic carbocycles. The Morgan fingerprint density at radius 3 is 2.86 bits per heavy atom. The van der Waals surface area contributed by atoms with Crippen LogP contribution in [0.3, 0.4) is 0 Å². The molecule has 0 aliphatic carbocycles. The van der Waals surface area contributed by atoms with Crippen LogP contribution in [0.5, 0.6) is 0 Å². The molecule has 0 unspecified atom stereocenters. The van der Waals surface area contributed by atoms with Gasteiger partial charge in [-0.05, 0) is 39.7 Å². The van der Waals surface area contributed by atoms with Crippen LogP contribution in [0.4, 0.5) is 0 Å². The highest BCUT2D eigenvalue weighted by molar-refractivity contribution is 4.94. The molecule has 1 heterocycles. The van der Waals surface area contributed by atoms with E-state index in [4.69, 9.17) is 0 Å². The van der Waals surface area contributed by atoms with E-state index in [9.17, 15) is 0 Å². The molecule has 0 bridgehead atoms. The molecule has 0 aliphatic rings. The summed E-state index contributed by atoms with van der Waals surface area (Å²) in [7, 11) is 0. The summed E-state index contributed by atoms with van der Waals surface area (Å²) >= 11 is 0. The molecule has 1 rings (SSSR count). The maximum Gasteiger partial charge on any atom is 0.0921 e. The van der Waals surface area contributed by atoms with Gasteiger partial charge in [-0.1, -0.05) is 6.92 Å². The number of aromatic amines is 1. The van der Waals surface area contributed by atoms with Crippen molar-refractivity contribution < 1.29 is 0 Å². The number of hydrogen-bond acceptors (Lipinski definition) is 2. The van der Waals surface area contributed by atoms with Gasteiger partial charge >= 0.3 is 0 Å². The maximum absolute atomic E-state index is 3.99. The molecule has 0 fully saturated rings. The molecule has 0 aliphatic heterocycles. The standard InChI is InChI=1S/C11H21N3/c1-4-11(2,3)14-7-5-6-10-8-12-9-13-10/h8-9,14H,4-7H2,1-3H3,(H,12,13). The van der Waals surface area contributed by atoms with Gasteiger partial charge in [-0.2, -0.15) is 0 Å². The van der Waals surface area contributed by atoms with E-state index in [1.807, 2.05) is 6.20 Å². The van der Waals surface area contributed by atoms with Gasteiger partial charge in [-0.15, -0.1) is 0 Å². The summed E-state index contributed by atoms with van der Waals surface area (Å²) in [5.41, 5.74) is 1.50. The summed E-state index contributed by atoms with van der Waals surface area (Å²) in [5, 5.41) is 3.54. The number of rotatable bonds is 6. The highest BCUT2D eigenvalue weighted by Gasteiger charge is 2.12. The fourth-order valence-electron chi connectivity index (χ4n) is 1.25. The third-order valence-corrected chi connectivity index (χ3v) is 2.67. The Morgan fingerprint density at radius 1 is 1.50 bits per heavy atom. The van der Waals surface area contributed by atoms with Crippen LogP contribution < -0.4 is 5.32 Å². The Hall–Kier alpha value is -0.830. The smallest absolute Gasteiger partial charge is 0.0921 e. The molecule has 0 saturated carbocycles. The van der Waals surface area contributed by atoms with Crippen molar-refractivity contribution in [3.8, 4) is 0 Å². The normalized spacial score (nSPS) is 11.9. The first-order valence-electron chi connectivity index (χ1n) is 5.36. The molecular formula is C11H21N3. The SMILES string of the molecule is CCC(C)(C)NCCCc1cnc[nH]1. The van der Waals surface area contributed by atoms with E-state index >= 15 is 0 Å². The van der Waals surface area contributed by atoms with E-state index in [0.717, 1.165) is 25.8 Å². The summed E-state index contributed by atoms with van der Waals surface area (Å²) in [6, 6.07) is 0. The minimum Gasteiger partial charge on any atom is -0.348 e. The molecule has 0 saturated heterocycles. The van der Waals surface area contributed by atoms with Gasteiger partial charge in [-0.3, -0.25) is 0 Å². The van der Waals surface area contributed by atoms with Gasteiger partial charge < -0.3 is 10.3 Å². The first-order valence-corrected chi connectivity index (χ1v) is 5.36. The summed E-state index contributed by atoms with van der Waals surface area (Å²) in [4.78, 5) is 7.10. The van der Waals surface area contributed by atoms with E-state index in [-0.39, 0.29) is 5.54 Å². The van der Waals surface area contributed by atoms with Gasteiger partial charge in [0.05, 0.1) is 6.33 Å². The van der Waals surface area contributed by atoms with Crippen LogP contribution in [0.15, 0.2) is 12.5 Å². The Balaban J connectivity index is 2.11. The minimum atomic E-state index is 0.272. The zero-order valence-corrected chi connectivity index (χ0v) is 9.43. The van der Waals surface area contributed by atoms with Crippen LogP contribution in [0, 0.1) is 0 Å². The molecule has 0 spiro atoms. The Morgan fingerprint density at radius 2 is 2.29 bits per heavy atom. The third-order valence-electron chi connectivity index (χ3n) is 2.67. The molecule has 3 nitrogen and oxygen atoms in total. The Kier molecular flexibility index (Phi) is 4.14. The highest BCUT2D eigenvalue weighted by atomic mass is 14.9. The number of H-pyrrole nitrogens is 1. The summed E-state index contributed by atoms with van der Waals surface area (Å²) in [6.07, 6.45) is 7.03. The van der Waals surface area contributed by atoms with Crippen LogP contribution in [-0.2, 0) is 6.42 Å². The lowest BCUT2D eigenvalue weighted by Gasteiger charge is -2.24. The predicted octanol–water partition coefficient (Wildman–Crippen LogP) is 2.12. The van der Waals surface area contributed by atoms with Crippen LogP contribution >= 0.6 is 0 Å². The average molecular weight is 195 g/mol. The maximum atomic E-state index is 3.99. The molecule has 3 heteroatoms. The second-order valence-electron chi connectivity index (χ2n) is 4.34. The number of aromatic nitrogens is 2. The summed E-state index contributed by atoms with van der Waals surface area (Å²) < 4.78 is 0. The van der Waals surface area contributed by atoms with Crippen LogP contribution in [-0.4, -0.2) is 22.1 Å². The lowest BCUT2D eigenvalue weighted by atomic mass is 10.0. The van der Waals surface area contributed by atoms with Crippen molar-refractivity contribution in [1.82, 2.24) is 15.3 Å². The lowest BCUT2D eigenvalue weighted by Crippen LogP contribution is -2.39. The molecule has 1 aromatic heterocycles. The molecule has 14 heavy (non-hydrogen) atoms. The molecule has 1 aromatic rings. The average Bonchev–Trinajstić information content (AvgIpc) is 2.65. The fraction of sp³-hybridized carbons (Fsp3) is 0.727. The van der Waals surface area contributed by atoms with Crippen molar-refractivity contribution in [3.05, 3.63) is 18.2 Å². The fourth-order valence-corrected chi connectivity index (χ4v) is 1.25. The first-order chi connectivity index (χ1) is 6.64. The van der Waals surface area contributed by atoms with Crippen molar-refractivity contribution >= 4 is 0 Å².